The molecular weight excluding hydrogens is 256 g/mol. The van der Waals surface area contributed by atoms with Crippen molar-refractivity contribution in [2.24, 2.45) is 0 Å². The Balaban J connectivity index is 2.33. The van der Waals surface area contributed by atoms with Crippen LogP contribution < -0.4 is 0 Å². The predicted molar refractivity (Wildman–Crippen MR) is 89.0 cm³/mol. The van der Waals surface area contributed by atoms with Crippen LogP contribution in [-0.2, 0) is 11.8 Å². The lowest BCUT2D eigenvalue weighted by molar-refractivity contribution is 0.103. The van der Waals surface area contributed by atoms with Crippen LogP contribution in [0.25, 0.3) is 0 Å². The van der Waals surface area contributed by atoms with Gasteiger partial charge in [0.15, 0.2) is 5.78 Å². The maximum Gasteiger partial charge on any atom is 0.193 e. The fourth-order valence-corrected chi connectivity index (χ4v) is 2.48. The summed E-state index contributed by atoms with van der Waals surface area (Å²) >= 11 is 0. The van der Waals surface area contributed by atoms with E-state index >= 15 is 0 Å². The van der Waals surface area contributed by atoms with Gasteiger partial charge in [0.1, 0.15) is 0 Å². The molecule has 0 amide bonds. The molecule has 0 aliphatic rings. The molecule has 0 atom stereocenters. The second-order valence-corrected chi connectivity index (χ2v) is 6.15. The van der Waals surface area contributed by atoms with Gasteiger partial charge in [-0.1, -0.05) is 76.2 Å². The molecule has 2 rings (SSSR count). The Morgan fingerprint density at radius 3 is 2.14 bits per heavy atom. The van der Waals surface area contributed by atoms with Gasteiger partial charge in [-0.2, -0.15) is 0 Å². The lowest BCUT2D eigenvalue weighted by Crippen LogP contribution is -2.15. The molecular formula is C20H24O. The van der Waals surface area contributed by atoms with Gasteiger partial charge in [-0.3, -0.25) is 4.79 Å². The lowest BCUT2D eigenvalue weighted by Gasteiger charge is -2.23. The van der Waals surface area contributed by atoms with Crippen LogP contribution in [0, 0.1) is 0 Å². The van der Waals surface area contributed by atoms with Crippen LogP contribution >= 0.6 is 0 Å². The van der Waals surface area contributed by atoms with Crippen LogP contribution in [0.1, 0.15) is 61.2 Å². The van der Waals surface area contributed by atoms with E-state index in [1.54, 1.807) is 0 Å². The third kappa shape index (κ3) is 3.24. The standard InChI is InChI=1S/C20H24O/c1-5-15-9-7-8-10-18(15)19(21)16-11-13-17(14-12-16)20(3,4)6-2/h7-14H,5-6H2,1-4H3. The van der Waals surface area contributed by atoms with Crippen LogP contribution in [0.2, 0.25) is 0 Å². The first-order valence-electron chi connectivity index (χ1n) is 7.72. The van der Waals surface area contributed by atoms with Gasteiger partial charge in [0.25, 0.3) is 0 Å². The number of benzene rings is 2. The Bertz CT molecular complexity index is 621. The maximum atomic E-state index is 12.7. The zero-order valence-corrected chi connectivity index (χ0v) is 13.4. The first-order valence-corrected chi connectivity index (χ1v) is 7.72. The Hall–Kier alpha value is -1.89. The maximum absolute atomic E-state index is 12.7. The van der Waals surface area contributed by atoms with Crippen molar-refractivity contribution >= 4 is 5.78 Å². The molecule has 21 heavy (non-hydrogen) atoms. The molecule has 0 saturated carbocycles. The first-order chi connectivity index (χ1) is 9.99. The highest BCUT2D eigenvalue weighted by Gasteiger charge is 2.19. The van der Waals surface area contributed by atoms with E-state index in [1.807, 2.05) is 36.4 Å². The van der Waals surface area contributed by atoms with E-state index in [2.05, 4.69) is 39.8 Å². The van der Waals surface area contributed by atoms with E-state index in [-0.39, 0.29) is 11.2 Å². The molecule has 110 valence electrons. The van der Waals surface area contributed by atoms with Crippen molar-refractivity contribution in [3.8, 4) is 0 Å². The monoisotopic (exact) mass is 280 g/mol. The number of hydrogen-bond donors (Lipinski definition) is 0. The largest absolute Gasteiger partial charge is 0.289 e. The van der Waals surface area contributed by atoms with Crippen LogP contribution in [0.4, 0.5) is 0 Å². The summed E-state index contributed by atoms with van der Waals surface area (Å²) in [7, 11) is 0. The summed E-state index contributed by atoms with van der Waals surface area (Å²) in [6.07, 6.45) is 1.96. The van der Waals surface area contributed by atoms with Crippen molar-refractivity contribution in [2.75, 3.05) is 0 Å². The van der Waals surface area contributed by atoms with Gasteiger partial charge in [0.05, 0.1) is 0 Å². The molecule has 0 aromatic heterocycles. The highest BCUT2D eigenvalue weighted by molar-refractivity contribution is 6.09. The summed E-state index contributed by atoms with van der Waals surface area (Å²) in [5, 5.41) is 0. The fraction of sp³-hybridized carbons (Fsp3) is 0.350. The zero-order valence-electron chi connectivity index (χ0n) is 13.4. The van der Waals surface area contributed by atoms with Crippen molar-refractivity contribution < 1.29 is 4.79 Å². The van der Waals surface area contributed by atoms with E-state index < -0.39 is 0 Å². The minimum atomic E-state index is 0.119. The molecule has 0 spiro atoms. The molecule has 1 heteroatoms. The minimum Gasteiger partial charge on any atom is -0.289 e. The van der Waals surface area contributed by atoms with Crippen molar-refractivity contribution in [1.29, 1.82) is 0 Å². The molecule has 0 fully saturated rings. The van der Waals surface area contributed by atoms with E-state index in [4.69, 9.17) is 0 Å². The zero-order chi connectivity index (χ0) is 15.5. The highest BCUT2D eigenvalue weighted by atomic mass is 16.1. The molecule has 0 aliphatic carbocycles. The Morgan fingerprint density at radius 2 is 1.57 bits per heavy atom. The molecule has 2 aromatic carbocycles. The number of hydrogen-bond acceptors (Lipinski definition) is 1. The van der Waals surface area contributed by atoms with Gasteiger partial charge in [-0.15, -0.1) is 0 Å². The lowest BCUT2D eigenvalue weighted by atomic mass is 9.81. The molecule has 2 aromatic rings. The quantitative estimate of drug-likeness (QED) is 0.691. The SMILES string of the molecule is CCc1ccccc1C(=O)c1ccc(C(C)(C)CC)cc1. The number of aryl methyl sites for hydroxylation is 1. The molecule has 0 radical (unpaired) electrons. The summed E-state index contributed by atoms with van der Waals surface area (Å²) in [5.74, 6) is 0.119. The second-order valence-electron chi connectivity index (χ2n) is 6.15. The van der Waals surface area contributed by atoms with Crippen molar-refractivity contribution in [3.05, 3.63) is 70.8 Å². The van der Waals surface area contributed by atoms with Crippen molar-refractivity contribution in [2.45, 2.75) is 46.0 Å². The topological polar surface area (TPSA) is 17.1 Å². The van der Waals surface area contributed by atoms with Crippen molar-refractivity contribution in [3.63, 3.8) is 0 Å². The molecule has 0 saturated heterocycles. The van der Waals surface area contributed by atoms with E-state index in [0.29, 0.717) is 0 Å². The van der Waals surface area contributed by atoms with Gasteiger partial charge in [-0.25, -0.2) is 0 Å². The van der Waals surface area contributed by atoms with Crippen LogP contribution in [0.3, 0.4) is 0 Å². The molecule has 0 heterocycles. The molecule has 1 nitrogen and oxygen atoms in total. The van der Waals surface area contributed by atoms with Crippen LogP contribution in [0.5, 0.6) is 0 Å². The van der Waals surface area contributed by atoms with Crippen LogP contribution in [0.15, 0.2) is 48.5 Å². The summed E-state index contributed by atoms with van der Waals surface area (Å²) in [4.78, 5) is 12.7. The molecule has 0 bridgehead atoms. The number of carbonyl (C=O) groups excluding carboxylic acids is 1. The van der Waals surface area contributed by atoms with Gasteiger partial charge in [-0.05, 0) is 29.4 Å². The van der Waals surface area contributed by atoms with Crippen molar-refractivity contribution in [1.82, 2.24) is 0 Å². The van der Waals surface area contributed by atoms with Crippen LogP contribution in [-0.4, -0.2) is 5.78 Å². The average Bonchev–Trinajstić information content (AvgIpc) is 2.54. The Labute approximate surface area is 128 Å². The normalized spacial score (nSPS) is 11.4. The smallest absolute Gasteiger partial charge is 0.193 e. The van der Waals surface area contributed by atoms with E-state index in [9.17, 15) is 4.79 Å². The average molecular weight is 280 g/mol. The Morgan fingerprint density at radius 1 is 0.952 bits per heavy atom. The Kier molecular flexibility index (Phi) is 4.62. The highest BCUT2D eigenvalue weighted by Crippen LogP contribution is 2.27. The number of carbonyl (C=O) groups is 1. The number of rotatable bonds is 5. The van der Waals surface area contributed by atoms with Gasteiger partial charge in [0, 0.05) is 11.1 Å². The summed E-state index contributed by atoms with van der Waals surface area (Å²) in [5.41, 5.74) is 4.14. The van der Waals surface area contributed by atoms with Gasteiger partial charge in [0.2, 0.25) is 0 Å². The van der Waals surface area contributed by atoms with Gasteiger partial charge >= 0.3 is 0 Å². The fourth-order valence-electron chi connectivity index (χ4n) is 2.48. The first kappa shape index (κ1) is 15.5. The molecule has 0 aliphatic heterocycles. The molecule has 0 unspecified atom stereocenters. The van der Waals surface area contributed by atoms with Gasteiger partial charge < -0.3 is 0 Å². The third-order valence-corrected chi connectivity index (χ3v) is 4.46. The second kappa shape index (κ2) is 6.26. The molecule has 0 N–H and O–H groups in total. The predicted octanol–water partition coefficient (Wildman–Crippen LogP) is 5.17. The summed E-state index contributed by atoms with van der Waals surface area (Å²) < 4.78 is 0. The summed E-state index contributed by atoms with van der Waals surface area (Å²) in [6, 6.07) is 16.0. The minimum absolute atomic E-state index is 0.119. The van der Waals surface area contributed by atoms with E-state index in [1.165, 1.54) is 5.56 Å². The summed E-state index contributed by atoms with van der Waals surface area (Å²) in [6.45, 7) is 8.74. The third-order valence-electron chi connectivity index (χ3n) is 4.46. The van der Waals surface area contributed by atoms with E-state index in [0.717, 1.165) is 29.5 Å². The number of ketones is 1.